The summed E-state index contributed by atoms with van der Waals surface area (Å²) < 4.78 is 1.71. The average molecular weight is 348 g/mol. The maximum absolute atomic E-state index is 12.8. The van der Waals surface area contributed by atoms with Crippen LogP contribution in [0, 0.1) is 0 Å². The van der Waals surface area contributed by atoms with Crippen LogP contribution in [0.2, 0.25) is 0 Å². The number of hydrogen-bond donors (Lipinski definition) is 1. The molecule has 0 unspecified atom stereocenters. The minimum absolute atomic E-state index is 0. The lowest BCUT2D eigenvalue weighted by Gasteiger charge is -2.16. The van der Waals surface area contributed by atoms with Crippen LogP contribution in [0.15, 0.2) is 42.6 Å². The minimum Gasteiger partial charge on any atom is -0.346 e. The van der Waals surface area contributed by atoms with E-state index in [1.165, 1.54) is 6.92 Å². The van der Waals surface area contributed by atoms with Gasteiger partial charge < -0.3 is 15.2 Å². The molecule has 2 heterocycles. The van der Waals surface area contributed by atoms with E-state index in [-0.39, 0.29) is 36.1 Å². The summed E-state index contributed by atoms with van der Waals surface area (Å²) in [5.74, 6) is 0.0292. The number of nitrogens with two attached hydrogens (primary N) is 1. The number of nitrogens with zero attached hydrogens (tertiary/aromatic N) is 2. The number of benzene rings is 1. The van der Waals surface area contributed by atoms with Crippen molar-refractivity contribution < 1.29 is 9.59 Å². The summed E-state index contributed by atoms with van der Waals surface area (Å²) in [6.45, 7) is 2.63. The standard InChI is InChI=1S/C18H21N3O2.ClH/c1-12(22)14-8-17(20(2)9-14)18(23)21-10-15(16(19)11-21)13-6-4-3-5-7-13;/h3-9,15-16H,10-11,19H2,1-2H3;1H/t15-,16+;/m0./s1. The Labute approximate surface area is 147 Å². The summed E-state index contributed by atoms with van der Waals surface area (Å²) in [4.78, 5) is 26.0. The summed E-state index contributed by atoms with van der Waals surface area (Å²) in [7, 11) is 1.78. The number of halogens is 1. The largest absolute Gasteiger partial charge is 0.346 e. The molecule has 6 heteroatoms. The number of hydrogen-bond acceptors (Lipinski definition) is 3. The van der Waals surface area contributed by atoms with E-state index < -0.39 is 0 Å². The number of Topliss-reactive ketones (excluding diaryl/α,β-unsaturated/α-hetero) is 1. The predicted octanol–water partition coefficient (Wildman–Crippen LogP) is 2.22. The normalized spacial score (nSPS) is 19.9. The van der Waals surface area contributed by atoms with Crippen LogP contribution in [-0.2, 0) is 7.05 Å². The number of likely N-dealkylation sites (tertiary alicyclic amines) is 1. The third-order valence-electron chi connectivity index (χ3n) is 4.51. The van der Waals surface area contributed by atoms with Gasteiger partial charge in [-0.15, -0.1) is 12.4 Å². The highest BCUT2D eigenvalue weighted by molar-refractivity contribution is 5.99. The van der Waals surface area contributed by atoms with Gasteiger partial charge in [0.05, 0.1) is 0 Å². The molecule has 0 spiro atoms. The molecule has 1 amide bonds. The Kier molecular flexibility index (Phi) is 5.47. The van der Waals surface area contributed by atoms with Crippen LogP contribution in [0.4, 0.5) is 0 Å². The molecule has 2 atom stereocenters. The Balaban J connectivity index is 0.00000208. The van der Waals surface area contributed by atoms with Crippen molar-refractivity contribution in [2.75, 3.05) is 13.1 Å². The molecule has 0 aliphatic carbocycles. The molecule has 2 N–H and O–H groups in total. The molecule has 2 aromatic rings. The summed E-state index contributed by atoms with van der Waals surface area (Å²) in [5, 5.41) is 0. The van der Waals surface area contributed by atoms with E-state index in [2.05, 4.69) is 12.1 Å². The Morgan fingerprint density at radius 2 is 1.83 bits per heavy atom. The van der Waals surface area contributed by atoms with Crippen LogP contribution < -0.4 is 5.73 Å². The van der Waals surface area contributed by atoms with E-state index in [0.29, 0.717) is 24.3 Å². The molecular weight excluding hydrogens is 326 g/mol. The zero-order valence-electron chi connectivity index (χ0n) is 13.8. The maximum Gasteiger partial charge on any atom is 0.270 e. The lowest BCUT2D eigenvalue weighted by Crippen LogP contribution is -2.33. The predicted molar refractivity (Wildman–Crippen MR) is 95.7 cm³/mol. The molecule has 1 fully saturated rings. The number of amides is 1. The highest BCUT2D eigenvalue weighted by Crippen LogP contribution is 2.27. The molecule has 1 aliphatic heterocycles. The molecule has 0 radical (unpaired) electrons. The lowest BCUT2D eigenvalue weighted by molar-refractivity contribution is 0.0779. The number of rotatable bonds is 3. The quantitative estimate of drug-likeness (QED) is 0.865. The molecule has 5 nitrogen and oxygen atoms in total. The van der Waals surface area contributed by atoms with Crippen molar-refractivity contribution in [3.8, 4) is 0 Å². The zero-order chi connectivity index (χ0) is 16.6. The van der Waals surface area contributed by atoms with Crippen molar-refractivity contribution in [3.05, 3.63) is 59.4 Å². The number of carbonyl (C=O) groups is 2. The van der Waals surface area contributed by atoms with Crippen molar-refractivity contribution in [2.45, 2.75) is 18.9 Å². The molecule has 1 saturated heterocycles. The highest BCUT2D eigenvalue weighted by atomic mass is 35.5. The zero-order valence-corrected chi connectivity index (χ0v) is 14.6. The third-order valence-corrected chi connectivity index (χ3v) is 4.51. The minimum atomic E-state index is -0.0751. The van der Waals surface area contributed by atoms with Gasteiger partial charge in [-0.1, -0.05) is 30.3 Å². The van der Waals surface area contributed by atoms with Crippen molar-refractivity contribution in [1.29, 1.82) is 0 Å². The smallest absolute Gasteiger partial charge is 0.270 e. The van der Waals surface area contributed by atoms with E-state index in [1.54, 1.807) is 28.8 Å². The van der Waals surface area contributed by atoms with Gasteiger partial charge in [-0.25, -0.2) is 0 Å². The van der Waals surface area contributed by atoms with Crippen molar-refractivity contribution >= 4 is 24.1 Å². The van der Waals surface area contributed by atoms with Gasteiger partial charge in [0.15, 0.2) is 5.78 Å². The van der Waals surface area contributed by atoms with E-state index >= 15 is 0 Å². The van der Waals surface area contributed by atoms with Gasteiger partial charge >= 0.3 is 0 Å². The number of ketones is 1. The van der Waals surface area contributed by atoms with E-state index in [0.717, 1.165) is 5.56 Å². The monoisotopic (exact) mass is 347 g/mol. The van der Waals surface area contributed by atoms with Crippen LogP contribution in [0.25, 0.3) is 0 Å². The summed E-state index contributed by atoms with van der Waals surface area (Å²) >= 11 is 0. The van der Waals surface area contributed by atoms with Gasteiger partial charge in [0.25, 0.3) is 5.91 Å². The van der Waals surface area contributed by atoms with Crippen molar-refractivity contribution in [2.24, 2.45) is 12.8 Å². The summed E-state index contributed by atoms with van der Waals surface area (Å²) in [6, 6.07) is 11.6. The molecular formula is C18H22ClN3O2. The van der Waals surface area contributed by atoms with Crippen molar-refractivity contribution in [1.82, 2.24) is 9.47 Å². The molecule has 1 aromatic heterocycles. The van der Waals surface area contributed by atoms with Crippen molar-refractivity contribution in [3.63, 3.8) is 0 Å². The second-order valence-electron chi connectivity index (χ2n) is 6.17. The first kappa shape index (κ1) is 18.2. The summed E-state index contributed by atoms with van der Waals surface area (Å²) in [6.07, 6.45) is 1.69. The molecule has 1 aliphatic rings. The fourth-order valence-electron chi connectivity index (χ4n) is 3.18. The first-order valence-corrected chi connectivity index (χ1v) is 7.74. The first-order valence-electron chi connectivity index (χ1n) is 7.74. The van der Waals surface area contributed by atoms with E-state index in [4.69, 9.17) is 5.73 Å². The Morgan fingerprint density at radius 3 is 2.42 bits per heavy atom. The van der Waals surface area contributed by atoms with E-state index in [9.17, 15) is 9.59 Å². The van der Waals surface area contributed by atoms with Gasteiger partial charge in [-0.3, -0.25) is 9.59 Å². The summed E-state index contributed by atoms with van der Waals surface area (Å²) in [5.41, 5.74) is 8.49. The second-order valence-corrected chi connectivity index (χ2v) is 6.17. The van der Waals surface area contributed by atoms with Crippen LogP contribution in [0.3, 0.4) is 0 Å². The molecule has 0 saturated carbocycles. The van der Waals surface area contributed by atoms with E-state index in [1.807, 2.05) is 18.2 Å². The topological polar surface area (TPSA) is 68.3 Å². The second kappa shape index (κ2) is 7.20. The average Bonchev–Trinajstić information content (AvgIpc) is 3.11. The van der Waals surface area contributed by atoms with Gasteiger partial charge in [0.2, 0.25) is 0 Å². The molecule has 24 heavy (non-hydrogen) atoms. The van der Waals surface area contributed by atoms with Gasteiger partial charge in [0.1, 0.15) is 5.69 Å². The Bertz CT molecular complexity index is 742. The fraction of sp³-hybridized carbons (Fsp3) is 0.333. The SMILES string of the molecule is CC(=O)c1cc(C(=O)N2C[C@@H](N)[C@H](c3ccccc3)C2)n(C)c1.Cl. The fourth-order valence-corrected chi connectivity index (χ4v) is 3.18. The first-order chi connectivity index (χ1) is 11.0. The van der Waals surface area contributed by atoms with Gasteiger partial charge in [-0.2, -0.15) is 0 Å². The lowest BCUT2D eigenvalue weighted by atomic mass is 9.95. The van der Waals surface area contributed by atoms with Crippen LogP contribution in [-0.4, -0.2) is 40.3 Å². The molecule has 128 valence electrons. The highest BCUT2D eigenvalue weighted by Gasteiger charge is 2.35. The number of aromatic nitrogens is 1. The Morgan fingerprint density at radius 1 is 1.17 bits per heavy atom. The Hall–Kier alpha value is -2.11. The van der Waals surface area contributed by atoms with Gasteiger partial charge in [-0.05, 0) is 18.6 Å². The van der Waals surface area contributed by atoms with Gasteiger partial charge in [0, 0.05) is 43.9 Å². The number of aryl methyl sites for hydroxylation is 1. The maximum atomic E-state index is 12.8. The third kappa shape index (κ3) is 3.37. The number of carbonyl (C=O) groups excluding carboxylic acids is 2. The van der Waals surface area contributed by atoms with Crippen LogP contribution >= 0.6 is 12.4 Å². The molecule has 3 rings (SSSR count). The van der Waals surface area contributed by atoms with Crippen LogP contribution in [0.1, 0.15) is 39.3 Å². The van der Waals surface area contributed by atoms with Crippen LogP contribution in [0.5, 0.6) is 0 Å². The molecule has 1 aromatic carbocycles. The molecule has 0 bridgehead atoms.